The van der Waals surface area contributed by atoms with E-state index in [2.05, 4.69) is 27.8 Å². The number of hydrogen-bond donors (Lipinski definition) is 1. The number of hydrogen-bond acceptors (Lipinski definition) is 9. The summed E-state index contributed by atoms with van der Waals surface area (Å²) in [5.74, 6) is 0.509. The Morgan fingerprint density at radius 2 is 2.23 bits per heavy atom. The van der Waals surface area contributed by atoms with E-state index in [4.69, 9.17) is 4.84 Å². The molecule has 0 bridgehead atoms. The van der Waals surface area contributed by atoms with Crippen LogP contribution >= 0.6 is 0 Å². The van der Waals surface area contributed by atoms with Crippen LogP contribution in [0, 0.1) is 16.0 Å². The van der Waals surface area contributed by atoms with Crippen molar-refractivity contribution in [3.05, 3.63) is 57.2 Å². The highest BCUT2D eigenvalue weighted by Gasteiger charge is 2.38. The maximum absolute atomic E-state index is 11.1. The van der Waals surface area contributed by atoms with Gasteiger partial charge in [-0.2, -0.15) is 0 Å². The van der Waals surface area contributed by atoms with Crippen LogP contribution in [-0.4, -0.2) is 57.8 Å². The van der Waals surface area contributed by atoms with Crippen molar-refractivity contribution in [1.82, 2.24) is 10.0 Å². The molecule has 4 aliphatic rings. The third kappa shape index (κ3) is 4.13. The van der Waals surface area contributed by atoms with Crippen molar-refractivity contribution in [3.8, 4) is 0 Å². The molecule has 4 rings (SSSR count). The molecule has 0 aromatic heterocycles. The smallest absolute Gasteiger partial charge is 0.241 e. The number of nitrogens with zero attached hydrogens (tertiary/aromatic N) is 6. The summed E-state index contributed by atoms with van der Waals surface area (Å²) >= 11 is 0. The molecule has 0 saturated heterocycles. The molecule has 10 heteroatoms. The van der Waals surface area contributed by atoms with Gasteiger partial charge in [0.05, 0.1) is 11.8 Å². The fourth-order valence-corrected chi connectivity index (χ4v) is 3.93. The molecule has 0 amide bonds. The van der Waals surface area contributed by atoms with E-state index in [1.165, 1.54) is 10.6 Å². The Kier molecular flexibility index (Phi) is 5.67. The first-order valence-electron chi connectivity index (χ1n) is 10.1. The zero-order valence-electron chi connectivity index (χ0n) is 17.1. The lowest BCUT2D eigenvalue weighted by Crippen LogP contribution is -2.44. The number of rotatable bonds is 7. The van der Waals surface area contributed by atoms with Gasteiger partial charge in [0.1, 0.15) is 6.61 Å². The molecule has 160 valence electrons. The molecule has 1 N–H and O–H groups in total. The molecule has 10 nitrogen and oxygen atoms in total. The summed E-state index contributed by atoms with van der Waals surface area (Å²) in [6.45, 7) is 2.06. The van der Waals surface area contributed by atoms with Crippen LogP contribution in [0.3, 0.4) is 0 Å². The van der Waals surface area contributed by atoms with Crippen LogP contribution in [0.5, 0.6) is 0 Å². The average Bonchev–Trinajstić information content (AvgIpc) is 3.54. The number of nitro groups is 1. The van der Waals surface area contributed by atoms with E-state index in [-0.39, 0.29) is 17.6 Å². The predicted molar refractivity (Wildman–Crippen MR) is 109 cm³/mol. The highest BCUT2D eigenvalue weighted by Crippen LogP contribution is 2.42. The summed E-state index contributed by atoms with van der Waals surface area (Å²) < 4.78 is 0. The minimum absolute atomic E-state index is 0.152. The van der Waals surface area contributed by atoms with Crippen LogP contribution in [0.4, 0.5) is 0 Å². The van der Waals surface area contributed by atoms with Crippen molar-refractivity contribution >= 4 is 5.71 Å². The first-order valence-corrected chi connectivity index (χ1v) is 10.1. The normalized spacial score (nSPS) is 29.0. The van der Waals surface area contributed by atoms with Gasteiger partial charge < -0.3 is 9.94 Å². The third-order valence-corrected chi connectivity index (χ3v) is 5.84. The monoisotopic (exact) mass is 414 g/mol. The van der Waals surface area contributed by atoms with Crippen molar-refractivity contribution in [2.75, 3.05) is 13.7 Å². The number of aliphatic hydroxyl groups is 1. The van der Waals surface area contributed by atoms with Crippen molar-refractivity contribution in [3.63, 3.8) is 0 Å². The van der Waals surface area contributed by atoms with E-state index in [0.29, 0.717) is 24.5 Å². The maximum atomic E-state index is 11.1. The lowest BCUT2D eigenvalue weighted by atomic mass is 9.90. The molecule has 3 unspecified atom stereocenters. The molecular formula is C20H26N6O4. The van der Waals surface area contributed by atoms with Gasteiger partial charge in [0.15, 0.2) is 0 Å². The van der Waals surface area contributed by atoms with Crippen LogP contribution in [0.2, 0.25) is 0 Å². The van der Waals surface area contributed by atoms with Gasteiger partial charge in [-0.1, -0.05) is 29.5 Å². The summed E-state index contributed by atoms with van der Waals surface area (Å²) in [7, 11) is 1.67. The van der Waals surface area contributed by atoms with E-state index < -0.39 is 12.4 Å². The van der Waals surface area contributed by atoms with E-state index in [1.54, 1.807) is 31.1 Å². The van der Waals surface area contributed by atoms with Crippen LogP contribution in [0.1, 0.15) is 32.6 Å². The van der Waals surface area contributed by atoms with Gasteiger partial charge >= 0.3 is 0 Å². The molecule has 1 fully saturated rings. The minimum atomic E-state index is -0.916. The molecular weight excluding hydrogens is 388 g/mol. The second-order valence-corrected chi connectivity index (χ2v) is 7.97. The Bertz CT molecular complexity index is 886. The second-order valence-electron chi connectivity index (χ2n) is 7.97. The van der Waals surface area contributed by atoms with Gasteiger partial charge in [-0.3, -0.25) is 10.1 Å². The van der Waals surface area contributed by atoms with Gasteiger partial charge in [-0.05, 0) is 65.3 Å². The van der Waals surface area contributed by atoms with Crippen molar-refractivity contribution in [2.45, 2.75) is 51.0 Å². The number of allylic oxidation sites excluding steroid dienone is 4. The van der Waals surface area contributed by atoms with Crippen LogP contribution < -0.4 is 0 Å². The Labute approximate surface area is 174 Å². The molecule has 3 atom stereocenters. The summed E-state index contributed by atoms with van der Waals surface area (Å²) in [5.41, 5.74) is 3.69. The SMILES string of the molecule is C/C(=N/OCC1=C(C2CC2)C=CCC1N1N=NN(C)C1O)C1=CC=CC([N+](=O)[O-])C1. The lowest BCUT2D eigenvalue weighted by Gasteiger charge is -2.32. The highest BCUT2D eigenvalue weighted by molar-refractivity contribution is 5.98. The van der Waals surface area contributed by atoms with E-state index in [0.717, 1.165) is 24.0 Å². The number of oxime groups is 1. The summed E-state index contributed by atoms with van der Waals surface area (Å²) in [5, 5.41) is 36.8. The second kappa shape index (κ2) is 8.39. The lowest BCUT2D eigenvalue weighted by molar-refractivity contribution is -0.508. The fraction of sp³-hybridized carbons (Fsp3) is 0.550. The zero-order valence-corrected chi connectivity index (χ0v) is 17.1. The van der Waals surface area contributed by atoms with Crippen molar-refractivity contribution in [2.24, 2.45) is 21.5 Å². The van der Waals surface area contributed by atoms with Gasteiger partial charge in [0, 0.05) is 18.4 Å². The summed E-state index contributed by atoms with van der Waals surface area (Å²) in [6, 6.07) is -0.883. The van der Waals surface area contributed by atoms with Crippen LogP contribution in [0.25, 0.3) is 0 Å². The molecule has 30 heavy (non-hydrogen) atoms. The summed E-state index contributed by atoms with van der Waals surface area (Å²) in [6.07, 6.45) is 11.7. The van der Waals surface area contributed by atoms with Gasteiger partial charge in [-0.25, -0.2) is 10.0 Å². The van der Waals surface area contributed by atoms with Gasteiger partial charge in [-0.15, -0.1) is 0 Å². The van der Waals surface area contributed by atoms with Crippen molar-refractivity contribution < 1.29 is 14.9 Å². The topological polar surface area (TPSA) is 116 Å². The van der Waals surface area contributed by atoms with Gasteiger partial charge in [0.25, 0.3) is 0 Å². The number of aliphatic hydroxyl groups excluding tert-OH is 1. The molecule has 0 aromatic rings. The first kappa shape index (κ1) is 20.3. The van der Waals surface area contributed by atoms with E-state index in [9.17, 15) is 15.2 Å². The van der Waals surface area contributed by atoms with E-state index in [1.807, 2.05) is 6.08 Å². The molecule has 1 aliphatic heterocycles. The van der Waals surface area contributed by atoms with Crippen LogP contribution in [0.15, 0.2) is 62.7 Å². The molecule has 1 saturated carbocycles. The van der Waals surface area contributed by atoms with Crippen molar-refractivity contribution in [1.29, 1.82) is 0 Å². The largest absolute Gasteiger partial charge is 0.391 e. The zero-order chi connectivity index (χ0) is 21.3. The summed E-state index contributed by atoms with van der Waals surface area (Å²) in [4.78, 5) is 16.5. The Morgan fingerprint density at radius 1 is 1.43 bits per heavy atom. The minimum Gasteiger partial charge on any atom is -0.391 e. The first-order chi connectivity index (χ1) is 14.5. The van der Waals surface area contributed by atoms with Crippen LogP contribution in [-0.2, 0) is 4.84 Å². The Balaban J connectivity index is 1.48. The van der Waals surface area contributed by atoms with Gasteiger partial charge in [0.2, 0.25) is 12.4 Å². The fourth-order valence-electron chi connectivity index (χ4n) is 3.93. The third-order valence-electron chi connectivity index (χ3n) is 5.84. The Morgan fingerprint density at radius 3 is 2.90 bits per heavy atom. The molecule has 3 aliphatic carbocycles. The molecule has 0 aromatic carbocycles. The molecule has 0 spiro atoms. The van der Waals surface area contributed by atoms with E-state index >= 15 is 0 Å². The molecule has 1 heterocycles. The predicted octanol–water partition coefficient (Wildman–Crippen LogP) is 2.75. The molecule has 0 radical (unpaired) electrons. The highest BCUT2D eigenvalue weighted by atomic mass is 16.6. The maximum Gasteiger partial charge on any atom is 0.241 e. The average molecular weight is 414 g/mol. The Hall–Kier alpha value is -3.01. The quantitative estimate of drug-likeness (QED) is 0.389. The standard InChI is InChI=1S/C20H26N6O4/c1-13(15-5-3-6-16(11-15)26(28)29)21-30-12-18-17(14-9-10-14)7-4-8-19(18)25-20(27)24(2)22-23-25/h3-7,14,16,19-20,27H,8-12H2,1-2H3/b21-13-.